The van der Waals surface area contributed by atoms with Crippen molar-refractivity contribution in [3.63, 3.8) is 0 Å². The molecule has 2 heteroatoms. The monoisotopic (exact) mass is 344 g/mol. The summed E-state index contributed by atoms with van der Waals surface area (Å²) in [4.78, 5) is 0. The molecule has 0 N–H and O–H groups in total. The molecule has 1 atom stereocenters. The van der Waals surface area contributed by atoms with Crippen molar-refractivity contribution in [3.05, 3.63) is 108 Å². The van der Waals surface area contributed by atoms with Crippen molar-refractivity contribution in [3.8, 4) is 0 Å². The fourth-order valence-electron chi connectivity index (χ4n) is 3.72. The maximum atomic E-state index is 6.82. The average Bonchev–Trinajstić information content (AvgIpc) is 2.75. The van der Waals surface area contributed by atoms with Crippen molar-refractivity contribution in [2.45, 2.75) is 31.2 Å². The molecule has 0 spiro atoms. The maximum Gasteiger partial charge on any atom is 0.159 e. The van der Waals surface area contributed by atoms with Crippen LogP contribution in [-0.4, -0.2) is 12.9 Å². The number of ether oxygens (including phenoxy) is 2. The lowest BCUT2D eigenvalue weighted by atomic mass is 9.80. The van der Waals surface area contributed by atoms with Gasteiger partial charge in [-0.05, 0) is 36.0 Å². The highest BCUT2D eigenvalue weighted by Gasteiger charge is 2.40. The molecule has 26 heavy (non-hydrogen) atoms. The summed E-state index contributed by atoms with van der Waals surface area (Å²) in [6.45, 7) is 0.763. The highest BCUT2D eigenvalue weighted by Crippen LogP contribution is 2.42. The smallest absolute Gasteiger partial charge is 0.159 e. The summed E-state index contributed by atoms with van der Waals surface area (Å²) >= 11 is 0. The Hall–Kier alpha value is -2.42. The zero-order valence-electron chi connectivity index (χ0n) is 14.9. The van der Waals surface area contributed by atoms with E-state index in [0.717, 1.165) is 42.6 Å². The second kappa shape index (κ2) is 7.86. The van der Waals surface area contributed by atoms with Crippen LogP contribution in [0.3, 0.4) is 0 Å². The van der Waals surface area contributed by atoms with Crippen molar-refractivity contribution in [1.29, 1.82) is 0 Å². The van der Waals surface area contributed by atoms with E-state index in [4.69, 9.17) is 9.47 Å². The Labute approximate surface area is 155 Å². The van der Waals surface area contributed by atoms with Gasteiger partial charge in [0.05, 0.1) is 0 Å². The van der Waals surface area contributed by atoms with Crippen molar-refractivity contribution in [1.82, 2.24) is 0 Å². The second-order valence-corrected chi connectivity index (χ2v) is 6.69. The van der Waals surface area contributed by atoms with Gasteiger partial charge in [-0.1, -0.05) is 91.0 Å². The second-order valence-electron chi connectivity index (χ2n) is 6.69. The number of hydrogen-bond donors (Lipinski definition) is 0. The number of rotatable bonds is 5. The van der Waals surface area contributed by atoms with Gasteiger partial charge in [-0.25, -0.2) is 0 Å². The molecule has 0 radical (unpaired) electrons. The van der Waals surface area contributed by atoms with Gasteiger partial charge in [0.15, 0.2) is 6.29 Å². The van der Waals surface area contributed by atoms with Crippen molar-refractivity contribution < 1.29 is 9.47 Å². The van der Waals surface area contributed by atoms with E-state index in [1.54, 1.807) is 0 Å². The number of hydrogen-bond acceptors (Lipinski definition) is 2. The zero-order chi connectivity index (χ0) is 17.7. The quantitative estimate of drug-likeness (QED) is 0.567. The van der Waals surface area contributed by atoms with Crippen LogP contribution in [0, 0.1) is 0 Å². The van der Waals surface area contributed by atoms with Gasteiger partial charge >= 0.3 is 0 Å². The molecule has 0 saturated carbocycles. The van der Waals surface area contributed by atoms with Crippen LogP contribution in [0.4, 0.5) is 0 Å². The summed E-state index contributed by atoms with van der Waals surface area (Å²) in [6.07, 6.45) is 2.96. The average molecular weight is 344 g/mol. The topological polar surface area (TPSA) is 18.5 Å². The lowest BCUT2D eigenvalue weighted by Gasteiger charge is -2.39. The molecular formula is C24H24O2. The van der Waals surface area contributed by atoms with Crippen molar-refractivity contribution in [2.75, 3.05) is 6.61 Å². The van der Waals surface area contributed by atoms with Crippen LogP contribution in [0.15, 0.2) is 91.0 Å². The van der Waals surface area contributed by atoms with E-state index >= 15 is 0 Å². The minimum absolute atomic E-state index is 0.204. The van der Waals surface area contributed by atoms with Crippen LogP contribution in [-0.2, 0) is 15.1 Å². The van der Waals surface area contributed by atoms with E-state index in [-0.39, 0.29) is 6.29 Å². The Morgan fingerprint density at radius 3 is 1.50 bits per heavy atom. The highest BCUT2D eigenvalue weighted by molar-refractivity contribution is 5.47. The Kier molecular flexibility index (Phi) is 5.14. The Morgan fingerprint density at radius 2 is 1.12 bits per heavy atom. The first-order valence-corrected chi connectivity index (χ1v) is 9.35. The van der Waals surface area contributed by atoms with Crippen LogP contribution < -0.4 is 0 Å². The third kappa shape index (κ3) is 3.31. The molecule has 1 aliphatic heterocycles. The molecule has 0 aromatic heterocycles. The molecular weight excluding hydrogens is 320 g/mol. The van der Waals surface area contributed by atoms with E-state index in [9.17, 15) is 0 Å². The van der Waals surface area contributed by atoms with Gasteiger partial charge in [0.25, 0.3) is 0 Å². The van der Waals surface area contributed by atoms with Crippen molar-refractivity contribution >= 4 is 0 Å². The maximum absolute atomic E-state index is 6.82. The summed E-state index contributed by atoms with van der Waals surface area (Å²) in [5.74, 6) is 0. The first kappa shape index (κ1) is 17.0. The van der Waals surface area contributed by atoms with Gasteiger partial charge in [0.2, 0.25) is 0 Å². The fourth-order valence-corrected chi connectivity index (χ4v) is 3.72. The molecule has 0 amide bonds. The molecule has 132 valence electrons. The molecule has 1 aliphatic rings. The third-order valence-electron chi connectivity index (χ3n) is 4.99. The first-order chi connectivity index (χ1) is 12.9. The van der Waals surface area contributed by atoms with Gasteiger partial charge in [-0.3, -0.25) is 0 Å². The van der Waals surface area contributed by atoms with Gasteiger partial charge in [0.1, 0.15) is 5.60 Å². The minimum atomic E-state index is -0.689. The minimum Gasteiger partial charge on any atom is -0.353 e. The summed E-state index contributed by atoms with van der Waals surface area (Å²) < 4.78 is 12.8. The molecule has 0 bridgehead atoms. The summed E-state index contributed by atoms with van der Waals surface area (Å²) in [5.41, 5.74) is 2.66. The van der Waals surface area contributed by atoms with Crippen LogP contribution in [0.1, 0.15) is 36.0 Å². The summed E-state index contributed by atoms with van der Waals surface area (Å²) in [5, 5.41) is 0. The standard InChI is InChI=1S/C24H24O2/c1-4-12-20(13-5-1)24(21-14-6-2-7-15-21,22-16-8-3-9-17-22)26-23-18-10-11-19-25-23/h1-9,12-17,23H,10-11,18-19H2. The SMILES string of the molecule is c1ccc(C(OC2CCCCO2)(c2ccccc2)c2ccccc2)cc1. The van der Waals surface area contributed by atoms with Crippen LogP contribution in [0.5, 0.6) is 0 Å². The van der Waals surface area contributed by atoms with Crippen LogP contribution in [0.25, 0.3) is 0 Å². The Bertz CT molecular complexity index is 697. The van der Waals surface area contributed by atoms with E-state index in [2.05, 4.69) is 72.8 Å². The molecule has 4 rings (SSSR count). The first-order valence-electron chi connectivity index (χ1n) is 9.35. The van der Waals surface area contributed by atoms with Crippen LogP contribution in [0.2, 0.25) is 0 Å². The number of benzene rings is 3. The lowest BCUT2D eigenvalue weighted by Crippen LogP contribution is -2.39. The Balaban J connectivity index is 1.90. The molecule has 1 fully saturated rings. The van der Waals surface area contributed by atoms with E-state index in [1.807, 2.05) is 18.2 Å². The van der Waals surface area contributed by atoms with Crippen LogP contribution >= 0.6 is 0 Å². The summed E-state index contributed by atoms with van der Waals surface area (Å²) in [6, 6.07) is 31.4. The molecule has 1 saturated heterocycles. The van der Waals surface area contributed by atoms with Gasteiger partial charge in [-0.15, -0.1) is 0 Å². The van der Waals surface area contributed by atoms with E-state index in [0.29, 0.717) is 0 Å². The van der Waals surface area contributed by atoms with Gasteiger partial charge in [0, 0.05) is 6.61 Å². The van der Waals surface area contributed by atoms with Crippen molar-refractivity contribution in [2.24, 2.45) is 0 Å². The van der Waals surface area contributed by atoms with E-state index in [1.165, 1.54) is 0 Å². The van der Waals surface area contributed by atoms with Gasteiger partial charge < -0.3 is 9.47 Å². The molecule has 3 aromatic carbocycles. The zero-order valence-corrected chi connectivity index (χ0v) is 14.9. The normalized spacial score (nSPS) is 17.8. The summed E-state index contributed by atoms with van der Waals surface area (Å²) in [7, 11) is 0. The molecule has 2 nitrogen and oxygen atoms in total. The molecule has 1 unspecified atom stereocenters. The lowest BCUT2D eigenvalue weighted by molar-refractivity contribution is -0.205. The predicted octanol–water partition coefficient (Wildman–Crippen LogP) is 5.52. The largest absolute Gasteiger partial charge is 0.353 e. The Morgan fingerprint density at radius 1 is 0.654 bits per heavy atom. The molecule has 3 aromatic rings. The molecule has 1 heterocycles. The van der Waals surface area contributed by atoms with Gasteiger partial charge in [-0.2, -0.15) is 0 Å². The third-order valence-corrected chi connectivity index (χ3v) is 4.99. The van der Waals surface area contributed by atoms with E-state index < -0.39 is 5.60 Å². The highest BCUT2D eigenvalue weighted by atomic mass is 16.7. The molecule has 0 aliphatic carbocycles. The fraction of sp³-hybridized carbons (Fsp3) is 0.250. The predicted molar refractivity (Wildman–Crippen MR) is 104 cm³/mol.